The van der Waals surface area contributed by atoms with E-state index in [1.165, 1.54) is 23.6 Å². The molecule has 0 saturated carbocycles. The summed E-state index contributed by atoms with van der Waals surface area (Å²) in [5, 5.41) is 0. The predicted molar refractivity (Wildman–Crippen MR) is 77.7 cm³/mol. The van der Waals surface area contributed by atoms with Gasteiger partial charge in [0.05, 0.1) is 0 Å². The molecule has 2 aromatic carbocycles. The van der Waals surface area contributed by atoms with E-state index >= 15 is 0 Å². The van der Waals surface area contributed by atoms with Crippen molar-refractivity contribution in [1.29, 1.82) is 0 Å². The van der Waals surface area contributed by atoms with Gasteiger partial charge in [0.15, 0.2) is 11.6 Å². The minimum atomic E-state index is -0.337. The van der Waals surface area contributed by atoms with Crippen LogP contribution in [0.15, 0.2) is 36.4 Å². The molecule has 0 unspecified atom stereocenters. The molecule has 2 N–H and O–H groups in total. The first-order chi connectivity index (χ1) is 9.76. The number of rotatable bonds is 4. The molecular weight excluding hydrogens is 253 g/mol. The van der Waals surface area contributed by atoms with E-state index in [2.05, 4.69) is 6.07 Å². The number of benzene rings is 2. The minimum absolute atomic E-state index is 0.267. The van der Waals surface area contributed by atoms with Gasteiger partial charge in [-0.15, -0.1) is 0 Å². The number of hydrogen-bond donors (Lipinski definition) is 1. The molecule has 0 heterocycles. The second-order valence-electron chi connectivity index (χ2n) is 5.19. The Kier molecular flexibility index (Phi) is 3.70. The van der Waals surface area contributed by atoms with Crippen molar-refractivity contribution in [2.24, 2.45) is 5.73 Å². The first-order valence-electron chi connectivity index (χ1n) is 7.04. The standard InChI is InChI=1S/C17H18FNO/c18-16-10-12(8-9-19)4-7-17(16)20-15-6-5-13-2-1-3-14(13)11-15/h4-7,10-11H,1-3,8-9,19H2. The lowest BCUT2D eigenvalue weighted by Crippen LogP contribution is -2.03. The zero-order valence-electron chi connectivity index (χ0n) is 11.4. The molecule has 3 rings (SSSR count). The van der Waals surface area contributed by atoms with Crippen LogP contribution in [0, 0.1) is 5.82 Å². The van der Waals surface area contributed by atoms with Crippen LogP contribution in [0.4, 0.5) is 4.39 Å². The average Bonchev–Trinajstić information content (AvgIpc) is 2.90. The van der Waals surface area contributed by atoms with Crippen LogP contribution < -0.4 is 10.5 Å². The molecule has 0 fully saturated rings. The summed E-state index contributed by atoms with van der Waals surface area (Å²) in [6.45, 7) is 0.518. The van der Waals surface area contributed by atoms with Gasteiger partial charge in [0.1, 0.15) is 5.75 Å². The van der Waals surface area contributed by atoms with E-state index in [1.54, 1.807) is 6.07 Å². The second-order valence-corrected chi connectivity index (χ2v) is 5.19. The summed E-state index contributed by atoms with van der Waals surface area (Å²) in [4.78, 5) is 0. The van der Waals surface area contributed by atoms with Crippen molar-refractivity contribution in [3.8, 4) is 11.5 Å². The molecule has 0 amide bonds. The highest BCUT2D eigenvalue weighted by atomic mass is 19.1. The van der Waals surface area contributed by atoms with E-state index in [1.807, 2.05) is 18.2 Å². The molecule has 20 heavy (non-hydrogen) atoms. The van der Waals surface area contributed by atoms with Gasteiger partial charge >= 0.3 is 0 Å². The number of nitrogens with two attached hydrogens (primary N) is 1. The van der Waals surface area contributed by atoms with Crippen LogP contribution in [0.25, 0.3) is 0 Å². The maximum absolute atomic E-state index is 14.0. The SMILES string of the molecule is NCCc1ccc(Oc2ccc3c(c2)CCC3)c(F)c1. The summed E-state index contributed by atoms with van der Waals surface area (Å²) < 4.78 is 19.6. The Labute approximate surface area is 118 Å². The van der Waals surface area contributed by atoms with Crippen LogP contribution in [0.1, 0.15) is 23.1 Å². The summed E-state index contributed by atoms with van der Waals surface area (Å²) in [5.41, 5.74) is 9.07. The largest absolute Gasteiger partial charge is 0.454 e. The highest BCUT2D eigenvalue weighted by molar-refractivity contribution is 5.41. The average molecular weight is 271 g/mol. The van der Waals surface area contributed by atoms with Crippen LogP contribution >= 0.6 is 0 Å². The van der Waals surface area contributed by atoms with E-state index in [0.717, 1.165) is 18.4 Å². The Bertz CT molecular complexity index is 624. The molecule has 0 bridgehead atoms. The molecule has 2 aromatic rings. The Hall–Kier alpha value is -1.87. The van der Waals surface area contributed by atoms with Crippen molar-refractivity contribution in [1.82, 2.24) is 0 Å². The van der Waals surface area contributed by atoms with Crippen LogP contribution in [-0.2, 0) is 19.3 Å². The highest BCUT2D eigenvalue weighted by Crippen LogP contribution is 2.30. The predicted octanol–water partition coefficient (Wildman–Crippen LogP) is 3.61. The molecule has 0 atom stereocenters. The number of fused-ring (bicyclic) bond motifs is 1. The van der Waals surface area contributed by atoms with E-state index in [9.17, 15) is 4.39 Å². The number of ether oxygens (including phenoxy) is 1. The van der Waals surface area contributed by atoms with Crippen LogP contribution in [-0.4, -0.2) is 6.54 Å². The first-order valence-corrected chi connectivity index (χ1v) is 7.04. The van der Waals surface area contributed by atoms with Gasteiger partial charge in [0.25, 0.3) is 0 Å². The molecule has 0 aliphatic heterocycles. The molecule has 104 valence electrons. The lowest BCUT2D eigenvalue weighted by Gasteiger charge is -2.09. The number of halogens is 1. The zero-order chi connectivity index (χ0) is 13.9. The van der Waals surface area contributed by atoms with Gasteiger partial charge in [-0.05, 0) is 73.2 Å². The summed E-state index contributed by atoms with van der Waals surface area (Å²) >= 11 is 0. The molecule has 0 radical (unpaired) electrons. The Morgan fingerprint density at radius 2 is 1.90 bits per heavy atom. The topological polar surface area (TPSA) is 35.2 Å². The van der Waals surface area contributed by atoms with Gasteiger partial charge in [-0.3, -0.25) is 0 Å². The fourth-order valence-corrected chi connectivity index (χ4v) is 2.69. The third kappa shape index (κ3) is 2.68. The number of hydrogen-bond acceptors (Lipinski definition) is 2. The fourth-order valence-electron chi connectivity index (χ4n) is 2.69. The van der Waals surface area contributed by atoms with E-state index in [4.69, 9.17) is 10.5 Å². The third-order valence-electron chi connectivity index (χ3n) is 3.73. The number of aryl methyl sites for hydroxylation is 2. The lowest BCUT2D eigenvalue weighted by molar-refractivity contribution is 0.441. The monoisotopic (exact) mass is 271 g/mol. The second kappa shape index (κ2) is 5.63. The molecule has 1 aliphatic carbocycles. The van der Waals surface area contributed by atoms with Crippen molar-refractivity contribution in [2.45, 2.75) is 25.7 Å². The maximum atomic E-state index is 14.0. The van der Waals surface area contributed by atoms with Crippen molar-refractivity contribution < 1.29 is 9.13 Å². The normalized spacial score (nSPS) is 13.3. The molecule has 0 aromatic heterocycles. The van der Waals surface area contributed by atoms with Gasteiger partial charge in [0, 0.05) is 0 Å². The van der Waals surface area contributed by atoms with E-state index in [0.29, 0.717) is 18.7 Å². The summed E-state index contributed by atoms with van der Waals surface area (Å²) in [6, 6.07) is 11.0. The van der Waals surface area contributed by atoms with E-state index < -0.39 is 0 Å². The Balaban J connectivity index is 1.80. The smallest absolute Gasteiger partial charge is 0.165 e. The first kappa shape index (κ1) is 13.1. The molecule has 0 saturated heterocycles. The fraction of sp³-hybridized carbons (Fsp3) is 0.294. The lowest BCUT2D eigenvalue weighted by atomic mass is 10.1. The van der Waals surface area contributed by atoms with Crippen molar-refractivity contribution in [3.63, 3.8) is 0 Å². The summed E-state index contributed by atoms with van der Waals surface area (Å²) in [6.07, 6.45) is 4.10. The Morgan fingerprint density at radius 3 is 2.70 bits per heavy atom. The quantitative estimate of drug-likeness (QED) is 0.922. The zero-order valence-corrected chi connectivity index (χ0v) is 11.4. The van der Waals surface area contributed by atoms with Gasteiger partial charge in [-0.2, -0.15) is 0 Å². The molecular formula is C17H18FNO. The van der Waals surface area contributed by atoms with Crippen LogP contribution in [0.2, 0.25) is 0 Å². The van der Waals surface area contributed by atoms with Crippen molar-refractivity contribution >= 4 is 0 Å². The summed E-state index contributed by atoms with van der Waals surface area (Å²) in [7, 11) is 0. The van der Waals surface area contributed by atoms with Crippen molar-refractivity contribution in [3.05, 3.63) is 58.9 Å². The van der Waals surface area contributed by atoms with Gasteiger partial charge in [-0.1, -0.05) is 12.1 Å². The molecule has 1 aliphatic rings. The van der Waals surface area contributed by atoms with Crippen LogP contribution in [0.3, 0.4) is 0 Å². The van der Waals surface area contributed by atoms with Crippen molar-refractivity contribution in [2.75, 3.05) is 6.54 Å². The van der Waals surface area contributed by atoms with Gasteiger partial charge in [0.2, 0.25) is 0 Å². The Morgan fingerprint density at radius 1 is 1.05 bits per heavy atom. The van der Waals surface area contributed by atoms with Crippen LogP contribution in [0.5, 0.6) is 11.5 Å². The van der Waals surface area contributed by atoms with E-state index in [-0.39, 0.29) is 11.6 Å². The summed E-state index contributed by atoms with van der Waals surface area (Å²) in [5.74, 6) is 0.635. The minimum Gasteiger partial charge on any atom is -0.454 e. The molecule has 2 nitrogen and oxygen atoms in total. The molecule has 0 spiro atoms. The molecule has 3 heteroatoms. The van der Waals surface area contributed by atoms with Gasteiger partial charge < -0.3 is 10.5 Å². The van der Waals surface area contributed by atoms with Gasteiger partial charge in [-0.25, -0.2) is 4.39 Å². The highest BCUT2D eigenvalue weighted by Gasteiger charge is 2.12. The third-order valence-corrected chi connectivity index (χ3v) is 3.73. The maximum Gasteiger partial charge on any atom is 0.165 e.